The number of anilines is 1. The summed E-state index contributed by atoms with van der Waals surface area (Å²) >= 11 is 0. The molecule has 2 aromatic carbocycles. The van der Waals surface area contributed by atoms with E-state index in [0.29, 0.717) is 31.5 Å². The number of hydrogen-bond donors (Lipinski definition) is 0. The van der Waals surface area contributed by atoms with Crippen molar-refractivity contribution in [2.24, 2.45) is 11.8 Å². The Hall–Kier alpha value is -2.71. The Balaban J connectivity index is 1.43. The molecule has 2 aliphatic rings. The van der Waals surface area contributed by atoms with Crippen LogP contribution >= 0.6 is 0 Å². The third kappa shape index (κ3) is 5.03. The Kier molecular flexibility index (Phi) is 7.09. The fourth-order valence-electron chi connectivity index (χ4n) is 4.98. The first-order chi connectivity index (χ1) is 16.2. The molecule has 3 atom stereocenters. The summed E-state index contributed by atoms with van der Waals surface area (Å²) in [6.45, 7) is 7.25. The number of aryl methyl sites for hydroxylation is 1. The van der Waals surface area contributed by atoms with Crippen LogP contribution in [0.5, 0.6) is 0 Å². The average molecular weight is 485 g/mol. The number of carbonyl (C=O) groups is 2. The maximum atomic E-state index is 13.1. The summed E-state index contributed by atoms with van der Waals surface area (Å²) in [4.78, 5) is 27.5. The van der Waals surface area contributed by atoms with Gasteiger partial charge in [-0.3, -0.25) is 4.79 Å². The monoisotopic (exact) mass is 484 g/mol. The van der Waals surface area contributed by atoms with Gasteiger partial charge in [0.2, 0.25) is 10.0 Å². The molecular weight excluding hydrogens is 452 g/mol. The van der Waals surface area contributed by atoms with E-state index in [4.69, 9.17) is 4.74 Å². The number of para-hydroxylation sites is 1. The lowest BCUT2D eigenvalue weighted by Crippen LogP contribution is -2.42. The number of amides is 1. The largest absolute Gasteiger partial charge is 0.449 e. The first-order valence-corrected chi connectivity index (χ1v) is 13.3. The number of fused-ring (bicyclic) bond motifs is 1. The molecule has 1 saturated heterocycles. The molecule has 4 rings (SSSR count). The molecule has 182 valence electrons. The highest BCUT2D eigenvalue weighted by Gasteiger charge is 2.32. The highest BCUT2D eigenvalue weighted by Crippen LogP contribution is 2.28. The second kappa shape index (κ2) is 9.88. The number of hydrogen-bond acceptors (Lipinski definition) is 5. The van der Waals surface area contributed by atoms with E-state index in [0.717, 1.165) is 30.5 Å². The van der Waals surface area contributed by atoms with Gasteiger partial charge in [-0.25, -0.2) is 13.2 Å². The van der Waals surface area contributed by atoms with Gasteiger partial charge in [0.1, 0.15) is 0 Å². The van der Waals surface area contributed by atoms with Gasteiger partial charge in [0.05, 0.1) is 10.5 Å². The molecular formula is C26H32N2O5S. The van der Waals surface area contributed by atoms with Crippen molar-refractivity contribution in [1.82, 2.24) is 4.31 Å². The van der Waals surface area contributed by atoms with Gasteiger partial charge in [-0.1, -0.05) is 32.0 Å². The molecule has 8 heteroatoms. The van der Waals surface area contributed by atoms with Gasteiger partial charge in [0.15, 0.2) is 6.10 Å². The van der Waals surface area contributed by atoms with Crippen molar-refractivity contribution in [3.8, 4) is 0 Å². The minimum absolute atomic E-state index is 0.152. The minimum Gasteiger partial charge on any atom is -0.449 e. The van der Waals surface area contributed by atoms with Crippen LogP contribution in [0.2, 0.25) is 0 Å². The minimum atomic E-state index is -3.63. The van der Waals surface area contributed by atoms with Crippen molar-refractivity contribution in [3.05, 3.63) is 59.7 Å². The average Bonchev–Trinajstić information content (AvgIpc) is 2.82. The summed E-state index contributed by atoms with van der Waals surface area (Å²) in [6.07, 6.45) is 1.82. The summed E-state index contributed by atoms with van der Waals surface area (Å²) in [6, 6.07) is 13.5. The Labute approximate surface area is 201 Å². The summed E-state index contributed by atoms with van der Waals surface area (Å²) in [5.41, 5.74) is 2.17. The van der Waals surface area contributed by atoms with Crippen LogP contribution in [0.1, 0.15) is 49.5 Å². The van der Waals surface area contributed by atoms with Crippen LogP contribution in [0, 0.1) is 11.8 Å². The number of esters is 1. The van der Waals surface area contributed by atoms with Crippen molar-refractivity contribution in [2.75, 3.05) is 24.5 Å². The molecule has 0 unspecified atom stereocenters. The number of nitrogens with zero attached hydrogens (tertiary/aromatic N) is 2. The Morgan fingerprint density at radius 1 is 1.00 bits per heavy atom. The maximum absolute atomic E-state index is 13.1. The van der Waals surface area contributed by atoms with E-state index >= 15 is 0 Å². The highest BCUT2D eigenvalue weighted by molar-refractivity contribution is 7.89. The van der Waals surface area contributed by atoms with Crippen LogP contribution in [-0.2, 0) is 26.0 Å². The highest BCUT2D eigenvalue weighted by atomic mass is 32.2. The summed E-state index contributed by atoms with van der Waals surface area (Å²) in [5.74, 6) is -0.319. The smallest absolute Gasteiger partial charge is 0.338 e. The van der Waals surface area contributed by atoms with Crippen molar-refractivity contribution >= 4 is 27.6 Å². The fraction of sp³-hybridized carbons (Fsp3) is 0.462. The fourth-order valence-corrected chi connectivity index (χ4v) is 6.65. The molecule has 7 nitrogen and oxygen atoms in total. The SMILES string of the molecule is C[C@H]1C[C@H](C)CN(S(=O)(=O)c2ccc(C(=O)O[C@@H](C)C(=O)N3CCCc4ccccc43)cc2)C1. The van der Waals surface area contributed by atoms with Crippen molar-refractivity contribution in [2.45, 2.75) is 51.0 Å². The number of piperidine rings is 1. The molecule has 0 saturated carbocycles. The predicted molar refractivity (Wildman–Crippen MR) is 130 cm³/mol. The first-order valence-electron chi connectivity index (χ1n) is 11.9. The van der Waals surface area contributed by atoms with Crippen molar-refractivity contribution in [1.29, 1.82) is 0 Å². The number of carbonyl (C=O) groups excluding carboxylic acids is 2. The second-order valence-corrected chi connectivity index (χ2v) is 11.5. The molecule has 1 amide bonds. The summed E-state index contributed by atoms with van der Waals surface area (Å²) in [5, 5.41) is 0. The van der Waals surface area contributed by atoms with Gasteiger partial charge < -0.3 is 9.64 Å². The lowest BCUT2D eigenvalue weighted by Gasteiger charge is -2.34. The molecule has 2 aliphatic heterocycles. The topological polar surface area (TPSA) is 84.0 Å². The van der Waals surface area contributed by atoms with Gasteiger partial charge in [0.25, 0.3) is 5.91 Å². The van der Waals surface area contributed by atoms with Crippen LogP contribution in [0.15, 0.2) is 53.4 Å². The molecule has 0 radical (unpaired) electrons. The van der Waals surface area contributed by atoms with E-state index in [2.05, 4.69) is 13.8 Å². The number of benzene rings is 2. The van der Waals surface area contributed by atoms with E-state index in [1.54, 1.807) is 11.8 Å². The zero-order valence-corrected chi connectivity index (χ0v) is 20.8. The van der Waals surface area contributed by atoms with Crippen LogP contribution in [0.25, 0.3) is 0 Å². The quantitative estimate of drug-likeness (QED) is 0.602. The molecule has 0 bridgehead atoms. The zero-order valence-electron chi connectivity index (χ0n) is 19.9. The van der Waals surface area contributed by atoms with E-state index in [-0.39, 0.29) is 16.4 Å². The molecule has 0 aromatic heterocycles. The first kappa shape index (κ1) is 24.4. The lowest BCUT2D eigenvalue weighted by atomic mass is 9.94. The summed E-state index contributed by atoms with van der Waals surface area (Å²) in [7, 11) is -3.63. The normalized spacial score (nSPS) is 22.0. The third-order valence-electron chi connectivity index (χ3n) is 6.57. The molecule has 0 N–H and O–H groups in total. The number of sulfonamides is 1. The zero-order chi connectivity index (χ0) is 24.5. The predicted octanol–water partition coefficient (Wildman–Crippen LogP) is 3.88. The standard InChI is InChI=1S/C26H32N2O5S/c1-18-15-19(2)17-27(16-18)34(31,32)23-12-10-22(11-13-23)26(30)33-20(3)25(29)28-14-6-8-21-7-4-5-9-24(21)28/h4-5,7,9-13,18-20H,6,8,14-17H2,1-3H3/t18-,19-,20-/m0/s1. The number of rotatable bonds is 5. The molecule has 2 aromatic rings. The molecule has 0 aliphatic carbocycles. The van der Waals surface area contributed by atoms with E-state index < -0.39 is 22.1 Å². The Morgan fingerprint density at radius 3 is 2.32 bits per heavy atom. The van der Waals surface area contributed by atoms with E-state index in [1.165, 1.54) is 28.6 Å². The maximum Gasteiger partial charge on any atom is 0.338 e. The third-order valence-corrected chi connectivity index (χ3v) is 8.42. The number of ether oxygens (including phenoxy) is 1. The lowest BCUT2D eigenvalue weighted by molar-refractivity contribution is -0.126. The molecule has 2 heterocycles. The second-order valence-electron chi connectivity index (χ2n) is 9.56. The Bertz CT molecular complexity index is 1150. The van der Waals surface area contributed by atoms with Gasteiger partial charge in [-0.05, 0) is 73.9 Å². The van der Waals surface area contributed by atoms with E-state index in [1.807, 2.05) is 24.3 Å². The van der Waals surface area contributed by atoms with Gasteiger partial charge >= 0.3 is 5.97 Å². The van der Waals surface area contributed by atoms with Crippen molar-refractivity contribution in [3.63, 3.8) is 0 Å². The van der Waals surface area contributed by atoms with Crippen LogP contribution in [0.3, 0.4) is 0 Å². The van der Waals surface area contributed by atoms with Crippen molar-refractivity contribution < 1.29 is 22.7 Å². The molecule has 1 fully saturated rings. The van der Waals surface area contributed by atoms with Crippen LogP contribution in [0.4, 0.5) is 5.69 Å². The molecule has 34 heavy (non-hydrogen) atoms. The van der Waals surface area contributed by atoms with Crippen LogP contribution < -0.4 is 4.90 Å². The Morgan fingerprint density at radius 2 is 1.65 bits per heavy atom. The van der Waals surface area contributed by atoms with Crippen LogP contribution in [-0.4, -0.2) is 50.3 Å². The van der Waals surface area contributed by atoms with E-state index in [9.17, 15) is 18.0 Å². The van der Waals surface area contributed by atoms with Gasteiger partial charge in [-0.15, -0.1) is 0 Å². The summed E-state index contributed by atoms with van der Waals surface area (Å²) < 4.78 is 33.1. The van der Waals surface area contributed by atoms with Gasteiger partial charge in [-0.2, -0.15) is 4.31 Å². The molecule has 0 spiro atoms. The van der Waals surface area contributed by atoms with Gasteiger partial charge in [0, 0.05) is 25.3 Å².